The molecule has 52 heavy (non-hydrogen) atoms. The lowest BCUT2D eigenvalue weighted by molar-refractivity contribution is -0.142. The summed E-state index contributed by atoms with van der Waals surface area (Å²) in [6, 6.07) is 18.3. The highest BCUT2D eigenvalue weighted by Gasteiger charge is 2.32. The maximum atomic E-state index is 14.0. The van der Waals surface area contributed by atoms with E-state index in [-0.39, 0.29) is 48.7 Å². The fourth-order valence-electron chi connectivity index (χ4n) is 5.36. The summed E-state index contributed by atoms with van der Waals surface area (Å²) in [5.74, 6) is -4.30. The van der Waals surface area contributed by atoms with Gasteiger partial charge in [0.05, 0.1) is 0 Å². The van der Waals surface area contributed by atoms with Crippen LogP contribution in [0.1, 0.15) is 29.2 Å². The molecule has 0 saturated heterocycles. The fraction of sp³-hybridized carbons (Fsp3) is 0.237. The molecule has 0 aliphatic heterocycles. The van der Waals surface area contributed by atoms with Gasteiger partial charge < -0.3 is 46.8 Å². The van der Waals surface area contributed by atoms with Crippen LogP contribution in [-0.2, 0) is 49.7 Å². The van der Waals surface area contributed by atoms with Crippen LogP contribution in [0.5, 0.6) is 23.0 Å². The van der Waals surface area contributed by atoms with Crippen LogP contribution < -0.4 is 21.3 Å². The van der Waals surface area contributed by atoms with Gasteiger partial charge >= 0.3 is 5.97 Å². The monoisotopic (exact) mass is 712 g/mol. The maximum absolute atomic E-state index is 14.0. The Hall–Kier alpha value is -6.57. The molecular formula is C38H40N4O10. The lowest BCUT2D eigenvalue weighted by Crippen LogP contribution is -2.59. The van der Waals surface area contributed by atoms with Gasteiger partial charge in [0.25, 0.3) is 0 Å². The summed E-state index contributed by atoms with van der Waals surface area (Å²) in [4.78, 5) is 65.8. The normalized spacial score (nSPS) is 13.1. The topological polar surface area (TPSA) is 235 Å². The lowest BCUT2D eigenvalue weighted by atomic mass is 10.00. The molecule has 9 N–H and O–H groups in total. The number of hydrogen-bond acceptors (Lipinski definition) is 9. The van der Waals surface area contributed by atoms with E-state index in [1.54, 1.807) is 24.3 Å². The van der Waals surface area contributed by atoms with Gasteiger partial charge in [-0.2, -0.15) is 0 Å². The molecule has 0 aliphatic rings. The average Bonchev–Trinajstić information content (AvgIpc) is 3.10. The lowest BCUT2D eigenvalue weighted by Gasteiger charge is -2.26. The number of aromatic hydroxyl groups is 4. The number of carbonyl (C=O) groups is 5. The molecule has 4 rings (SSSR count). The second kappa shape index (κ2) is 17.9. The van der Waals surface area contributed by atoms with Crippen molar-refractivity contribution in [1.82, 2.24) is 21.3 Å². The van der Waals surface area contributed by atoms with Crippen molar-refractivity contribution < 1.29 is 49.5 Å². The Kier molecular flexibility index (Phi) is 13.2. The van der Waals surface area contributed by atoms with Crippen molar-refractivity contribution >= 4 is 29.6 Å². The second-order valence-electron chi connectivity index (χ2n) is 12.3. The molecule has 0 bridgehead atoms. The number of aliphatic carboxylic acids is 1. The molecule has 0 unspecified atom stereocenters. The molecule has 4 aromatic carbocycles. The van der Waals surface area contributed by atoms with Crippen molar-refractivity contribution in [2.45, 2.75) is 56.8 Å². The molecule has 0 radical (unpaired) electrons. The number of phenols is 4. The molecule has 0 fully saturated rings. The van der Waals surface area contributed by atoms with Crippen molar-refractivity contribution in [2.75, 3.05) is 0 Å². The third-order valence-corrected chi connectivity index (χ3v) is 8.08. The number of amides is 4. The molecule has 4 atom stereocenters. The summed E-state index contributed by atoms with van der Waals surface area (Å²) in [6.45, 7) is 1.23. The van der Waals surface area contributed by atoms with E-state index in [9.17, 15) is 49.5 Å². The Morgan fingerprint density at radius 1 is 0.423 bits per heavy atom. The number of phenolic OH excluding ortho intramolecular Hbond substituents is 4. The summed E-state index contributed by atoms with van der Waals surface area (Å²) >= 11 is 0. The molecule has 0 heterocycles. The van der Waals surface area contributed by atoms with Crippen molar-refractivity contribution in [3.63, 3.8) is 0 Å². The van der Waals surface area contributed by atoms with Crippen LogP contribution in [0.15, 0.2) is 97.1 Å². The minimum atomic E-state index is -1.41. The first-order valence-electron chi connectivity index (χ1n) is 16.3. The summed E-state index contributed by atoms with van der Waals surface area (Å²) in [5, 5.41) is 59.2. The molecule has 0 aromatic heterocycles. The standard InChI is InChI=1S/C38H40N4O10/c1-22(43)39-31(18-23-2-10-27(44)11-3-23)35(48)40-32(19-24-4-12-28(45)13-5-24)36(49)41-33(20-25-6-14-29(46)15-7-25)37(50)42-34(38(51)52)21-26-8-16-30(47)17-9-26/h2-17,31-34,44-47H,18-21H2,1H3,(H,39,43)(H,40,48)(H,41,49)(H,42,50)(H,51,52)/t31-,32-,33-,34-/m0/s1. The molecule has 4 amide bonds. The SMILES string of the molecule is CC(=O)N[C@@H](Cc1ccc(O)cc1)C(=O)N[C@@H](Cc1ccc(O)cc1)C(=O)N[C@@H](Cc1ccc(O)cc1)C(=O)N[C@@H](Cc1ccc(O)cc1)C(=O)O. The van der Waals surface area contributed by atoms with Gasteiger partial charge in [0.15, 0.2) is 0 Å². The Balaban J connectivity index is 1.61. The van der Waals surface area contributed by atoms with Gasteiger partial charge in [-0.1, -0.05) is 48.5 Å². The van der Waals surface area contributed by atoms with Gasteiger partial charge in [-0.05, 0) is 70.8 Å². The van der Waals surface area contributed by atoms with Crippen LogP contribution in [0.25, 0.3) is 0 Å². The summed E-state index contributed by atoms with van der Waals surface area (Å²) in [5.41, 5.74) is 2.18. The fourth-order valence-corrected chi connectivity index (χ4v) is 5.36. The predicted octanol–water partition coefficient (Wildman–Crippen LogP) is 1.82. The van der Waals surface area contributed by atoms with Gasteiger partial charge in [0.2, 0.25) is 23.6 Å². The quantitative estimate of drug-likeness (QED) is 0.0818. The first-order valence-corrected chi connectivity index (χ1v) is 16.3. The zero-order chi connectivity index (χ0) is 37.8. The van der Waals surface area contributed by atoms with E-state index < -0.39 is 53.8 Å². The van der Waals surface area contributed by atoms with E-state index >= 15 is 0 Å². The molecule has 4 aromatic rings. The van der Waals surface area contributed by atoms with Gasteiger partial charge in [0, 0.05) is 32.6 Å². The zero-order valence-corrected chi connectivity index (χ0v) is 28.2. The predicted molar refractivity (Wildman–Crippen MR) is 188 cm³/mol. The van der Waals surface area contributed by atoms with Crippen LogP contribution >= 0.6 is 0 Å². The number of hydrogen-bond donors (Lipinski definition) is 9. The Bertz CT molecular complexity index is 1850. The molecule has 14 nitrogen and oxygen atoms in total. The molecular weight excluding hydrogens is 672 g/mol. The van der Waals surface area contributed by atoms with Crippen molar-refractivity contribution in [2.24, 2.45) is 0 Å². The summed E-state index contributed by atoms with van der Waals surface area (Å²) in [7, 11) is 0. The molecule has 0 aliphatic carbocycles. The van der Waals surface area contributed by atoms with Crippen molar-refractivity contribution in [1.29, 1.82) is 0 Å². The first kappa shape index (κ1) is 38.2. The molecule has 14 heteroatoms. The smallest absolute Gasteiger partial charge is 0.326 e. The van der Waals surface area contributed by atoms with Crippen LogP contribution in [-0.4, -0.2) is 79.3 Å². The summed E-state index contributed by atoms with van der Waals surface area (Å²) < 4.78 is 0. The Morgan fingerprint density at radius 3 is 0.904 bits per heavy atom. The minimum absolute atomic E-state index is 0.0100. The van der Waals surface area contributed by atoms with E-state index in [0.29, 0.717) is 22.3 Å². The zero-order valence-electron chi connectivity index (χ0n) is 28.2. The van der Waals surface area contributed by atoms with Gasteiger partial charge in [-0.15, -0.1) is 0 Å². The van der Waals surface area contributed by atoms with E-state index in [4.69, 9.17) is 0 Å². The third kappa shape index (κ3) is 11.8. The third-order valence-electron chi connectivity index (χ3n) is 8.08. The molecule has 0 saturated carbocycles. The number of benzene rings is 4. The highest BCUT2D eigenvalue weighted by atomic mass is 16.4. The number of rotatable bonds is 16. The van der Waals surface area contributed by atoms with E-state index in [0.717, 1.165) is 0 Å². The van der Waals surface area contributed by atoms with Crippen LogP contribution in [0.2, 0.25) is 0 Å². The van der Waals surface area contributed by atoms with Crippen LogP contribution in [0, 0.1) is 0 Å². The van der Waals surface area contributed by atoms with E-state index in [1.165, 1.54) is 79.7 Å². The highest BCUT2D eigenvalue weighted by Crippen LogP contribution is 2.16. The van der Waals surface area contributed by atoms with Crippen LogP contribution in [0.3, 0.4) is 0 Å². The highest BCUT2D eigenvalue weighted by molar-refractivity contribution is 5.95. The van der Waals surface area contributed by atoms with E-state index in [2.05, 4.69) is 21.3 Å². The maximum Gasteiger partial charge on any atom is 0.326 e. The first-order chi connectivity index (χ1) is 24.7. The number of nitrogens with one attached hydrogen (secondary N) is 4. The van der Waals surface area contributed by atoms with Crippen LogP contribution in [0.4, 0.5) is 0 Å². The minimum Gasteiger partial charge on any atom is -0.508 e. The number of carboxylic acid groups (broad SMARTS) is 1. The van der Waals surface area contributed by atoms with Gasteiger partial charge in [-0.25, -0.2) is 4.79 Å². The van der Waals surface area contributed by atoms with Crippen molar-refractivity contribution in [3.8, 4) is 23.0 Å². The van der Waals surface area contributed by atoms with Gasteiger partial charge in [-0.3, -0.25) is 19.2 Å². The van der Waals surface area contributed by atoms with Crippen molar-refractivity contribution in [3.05, 3.63) is 119 Å². The molecule has 272 valence electrons. The Labute approximate surface area is 299 Å². The number of carbonyl (C=O) groups excluding carboxylic acids is 4. The summed E-state index contributed by atoms with van der Waals surface area (Å²) in [6.07, 6.45) is -0.344. The number of carboxylic acids is 1. The van der Waals surface area contributed by atoms with E-state index in [1.807, 2.05) is 0 Å². The Morgan fingerprint density at radius 2 is 0.654 bits per heavy atom. The largest absolute Gasteiger partial charge is 0.508 e. The molecule has 0 spiro atoms. The van der Waals surface area contributed by atoms with Gasteiger partial charge in [0.1, 0.15) is 47.2 Å². The average molecular weight is 713 g/mol. The second-order valence-corrected chi connectivity index (χ2v) is 12.3.